The summed E-state index contributed by atoms with van der Waals surface area (Å²) in [7, 11) is 1.67. The first-order valence-corrected chi connectivity index (χ1v) is 6.65. The van der Waals surface area contributed by atoms with Gasteiger partial charge in [0.2, 0.25) is 0 Å². The van der Waals surface area contributed by atoms with Gasteiger partial charge < -0.3 is 10.5 Å². The lowest BCUT2D eigenvalue weighted by atomic mass is 10.0. The maximum Gasteiger partial charge on any atom is 0.160 e. The predicted molar refractivity (Wildman–Crippen MR) is 76.1 cm³/mol. The Labute approximate surface area is 114 Å². The number of aromatic nitrogens is 2. The molecule has 1 heterocycles. The van der Waals surface area contributed by atoms with Gasteiger partial charge in [0.15, 0.2) is 5.75 Å². The minimum absolute atomic E-state index is 0.0394. The number of nitrogens with zero attached hydrogens (tertiary/aromatic N) is 2. The van der Waals surface area contributed by atoms with Gasteiger partial charge in [-0.05, 0) is 12.0 Å². The Morgan fingerprint density at radius 1 is 1.32 bits per heavy atom. The molecule has 1 aromatic heterocycles. The average molecular weight is 259 g/mol. The molecule has 0 saturated heterocycles. The lowest BCUT2D eigenvalue weighted by molar-refractivity contribution is 0.404. The topological polar surface area (TPSA) is 53.1 Å². The monoisotopic (exact) mass is 259 g/mol. The van der Waals surface area contributed by atoms with Gasteiger partial charge in [0.1, 0.15) is 0 Å². The first-order chi connectivity index (χ1) is 9.26. The molecule has 0 aliphatic rings. The zero-order valence-corrected chi connectivity index (χ0v) is 11.5. The van der Waals surface area contributed by atoms with Crippen LogP contribution in [0.1, 0.15) is 30.6 Å². The normalized spacial score (nSPS) is 12.4. The Kier molecular flexibility index (Phi) is 4.58. The van der Waals surface area contributed by atoms with E-state index in [1.165, 1.54) is 0 Å². The molecule has 1 unspecified atom stereocenters. The highest BCUT2D eigenvalue weighted by atomic mass is 16.5. The molecule has 0 amide bonds. The van der Waals surface area contributed by atoms with Crippen LogP contribution in [-0.4, -0.2) is 16.9 Å². The lowest BCUT2D eigenvalue weighted by Gasteiger charge is -2.14. The van der Waals surface area contributed by atoms with Gasteiger partial charge >= 0.3 is 0 Å². The Morgan fingerprint density at radius 3 is 2.68 bits per heavy atom. The Hall–Kier alpha value is -1.81. The predicted octanol–water partition coefficient (Wildman–Crippen LogP) is 2.54. The van der Waals surface area contributed by atoms with E-state index in [4.69, 9.17) is 10.5 Å². The summed E-state index contributed by atoms with van der Waals surface area (Å²) < 4.78 is 7.36. The van der Waals surface area contributed by atoms with Crippen molar-refractivity contribution in [1.29, 1.82) is 0 Å². The second-order valence-corrected chi connectivity index (χ2v) is 4.60. The minimum Gasteiger partial charge on any atom is -0.493 e. The second kappa shape index (κ2) is 6.38. The lowest BCUT2D eigenvalue weighted by Crippen LogP contribution is -2.17. The highest BCUT2D eigenvalue weighted by molar-refractivity contribution is 5.28. The quantitative estimate of drug-likeness (QED) is 0.867. The summed E-state index contributed by atoms with van der Waals surface area (Å²) in [4.78, 5) is 0. The molecule has 0 radical (unpaired) electrons. The fourth-order valence-corrected chi connectivity index (χ4v) is 2.20. The third kappa shape index (κ3) is 3.15. The fraction of sp³-hybridized carbons (Fsp3) is 0.400. The van der Waals surface area contributed by atoms with Gasteiger partial charge in [0.25, 0.3) is 0 Å². The van der Waals surface area contributed by atoms with Crippen LogP contribution in [0.15, 0.2) is 36.5 Å². The molecule has 0 aliphatic heterocycles. The second-order valence-electron chi connectivity index (χ2n) is 4.60. The first-order valence-electron chi connectivity index (χ1n) is 6.65. The van der Waals surface area contributed by atoms with Crippen LogP contribution in [0.4, 0.5) is 0 Å². The van der Waals surface area contributed by atoms with Crippen LogP contribution in [0.3, 0.4) is 0 Å². The molecule has 2 rings (SSSR count). The first kappa shape index (κ1) is 13.6. The van der Waals surface area contributed by atoms with Crippen molar-refractivity contribution in [3.05, 3.63) is 47.8 Å². The smallest absolute Gasteiger partial charge is 0.160 e. The summed E-state index contributed by atoms with van der Waals surface area (Å²) in [6, 6.07) is 10.1. The van der Waals surface area contributed by atoms with E-state index in [1.54, 1.807) is 13.3 Å². The molecule has 2 N–H and O–H groups in total. The number of ether oxygens (including phenoxy) is 1. The fourth-order valence-electron chi connectivity index (χ4n) is 2.20. The van der Waals surface area contributed by atoms with E-state index >= 15 is 0 Å². The van der Waals surface area contributed by atoms with Gasteiger partial charge in [-0.15, -0.1) is 0 Å². The maximum absolute atomic E-state index is 6.28. The van der Waals surface area contributed by atoms with Crippen LogP contribution in [0.25, 0.3) is 0 Å². The summed E-state index contributed by atoms with van der Waals surface area (Å²) in [5.41, 5.74) is 8.48. The van der Waals surface area contributed by atoms with Crippen molar-refractivity contribution < 1.29 is 4.74 Å². The third-order valence-corrected chi connectivity index (χ3v) is 3.21. The van der Waals surface area contributed by atoms with Gasteiger partial charge in [-0.25, -0.2) is 0 Å². The van der Waals surface area contributed by atoms with E-state index in [-0.39, 0.29) is 6.04 Å². The SMILES string of the molecule is CCCn1ncc(OC)c1CC(N)c1ccccc1. The number of benzene rings is 1. The molecule has 102 valence electrons. The largest absolute Gasteiger partial charge is 0.493 e. The standard InChI is InChI=1S/C15H21N3O/c1-3-9-18-14(15(19-2)11-17-18)10-13(16)12-7-5-4-6-8-12/h4-8,11,13H,3,9-10,16H2,1-2H3. The molecule has 1 aromatic carbocycles. The van der Waals surface area contributed by atoms with E-state index in [9.17, 15) is 0 Å². The maximum atomic E-state index is 6.28. The summed E-state index contributed by atoms with van der Waals surface area (Å²) in [5, 5.41) is 4.36. The van der Waals surface area contributed by atoms with E-state index in [2.05, 4.69) is 24.2 Å². The van der Waals surface area contributed by atoms with Crippen LogP contribution in [0.2, 0.25) is 0 Å². The summed E-state index contributed by atoms with van der Waals surface area (Å²) in [6.07, 6.45) is 3.54. The van der Waals surface area contributed by atoms with Gasteiger partial charge in [-0.1, -0.05) is 37.3 Å². The molecule has 0 aliphatic carbocycles. The van der Waals surface area contributed by atoms with Crippen molar-refractivity contribution >= 4 is 0 Å². The molecule has 0 spiro atoms. The highest BCUT2D eigenvalue weighted by Crippen LogP contribution is 2.23. The van der Waals surface area contributed by atoms with Crippen LogP contribution in [-0.2, 0) is 13.0 Å². The molecule has 0 saturated carbocycles. The molecular weight excluding hydrogens is 238 g/mol. The van der Waals surface area contributed by atoms with Crippen molar-refractivity contribution in [2.75, 3.05) is 7.11 Å². The molecule has 19 heavy (non-hydrogen) atoms. The van der Waals surface area contributed by atoms with E-state index in [0.29, 0.717) is 0 Å². The molecule has 0 fully saturated rings. The van der Waals surface area contributed by atoms with Gasteiger partial charge in [-0.2, -0.15) is 5.10 Å². The van der Waals surface area contributed by atoms with Gasteiger partial charge in [0, 0.05) is 19.0 Å². The van der Waals surface area contributed by atoms with Crippen LogP contribution < -0.4 is 10.5 Å². The van der Waals surface area contributed by atoms with E-state index in [0.717, 1.165) is 36.4 Å². The molecule has 4 nitrogen and oxygen atoms in total. The van der Waals surface area contributed by atoms with Crippen molar-refractivity contribution in [2.24, 2.45) is 5.73 Å². The zero-order chi connectivity index (χ0) is 13.7. The van der Waals surface area contributed by atoms with E-state index in [1.807, 2.05) is 22.9 Å². The molecule has 1 atom stereocenters. The van der Waals surface area contributed by atoms with E-state index < -0.39 is 0 Å². The van der Waals surface area contributed by atoms with Crippen LogP contribution in [0.5, 0.6) is 5.75 Å². The highest BCUT2D eigenvalue weighted by Gasteiger charge is 2.15. The Bertz CT molecular complexity index is 507. The third-order valence-electron chi connectivity index (χ3n) is 3.21. The Morgan fingerprint density at radius 2 is 2.05 bits per heavy atom. The molecule has 4 heteroatoms. The van der Waals surface area contributed by atoms with Crippen molar-refractivity contribution in [2.45, 2.75) is 32.4 Å². The Balaban J connectivity index is 2.20. The summed E-state index contributed by atoms with van der Waals surface area (Å²) >= 11 is 0. The minimum atomic E-state index is -0.0394. The molecule has 2 aromatic rings. The number of aryl methyl sites for hydroxylation is 1. The number of hydrogen-bond acceptors (Lipinski definition) is 3. The zero-order valence-electron chi connectivity index (χ0n) is 11.5. The van der Waals surface area contributed by atoms with Crippen molar-refractivity contribution in [3.63, 3.8) is 0 Å². The summed E-state index contributed by atoms with van der Waals surface area (Å²) in [5.74, 6) is 0.819. The van der Waals surface area contributed by atoms with Gasteiger partial charge in [0.05, 0.1) is 19.0 Å². The number of nitrogens with two attached hydrogens (primary N) is 1. The van der Waals surface area contributed by atoms with Crippen molar-refractivity contribution in [1.82, 2.24) is 9.78 Å². The van der Waals surface area contributed by atoms with Gasteiger partial charge in [-0.3, -0.25) is 4.68 Å². The number of methoxy groups -OCH3 is 1. The van der Waals surface area contributed by atoms with Crippen LogP contribution in [0, 0.1) is 0 Å². The number of hydrogen-bond donors (Lipinski definition) is 1. The molecule has 0 bridgehead atoms. The number of rotatable bonds is 6. The van der Waals surface area contributed by atoms with Crippen molar-refractivity contribution in [3.8, 4) is 5.75 Å². The average Bonchev–Trinajstić information content (AvgIpc) is 2.82. The molecular formula is C15H21N3O. The van der Waals surface area contributed by atoms with Crippen LogP contribution >= 0.6 is 0 Å². The summed E-state index contributed by atoms with van der Waals surface area (Å²) in [6.45, 7) is 3.02.